The number of rotatable bonds is 22. The van der Waals surface area contributed by atoms with Crippen molar-refractivity contribution < 1.29 is 38.7 Å². The van der Waals surface area contributed by atoms with Crippen molar-refractivity contribution >= 4 is 53.3 Å². The number of amides is 7. The standard InChI is InChI=1S/C33H56N8O8S/c1-19(29(44)39-23(32(47)48)17-20-9-3-2-4-10-20)37-31(46)22(38-30(45)21(34)14-15-26(35)42)11-7-8-16-36-27(43)13-6-5-12-25-28-24(18-50-25)40-33(49)41-28/h19-25,28H,2-18,34H2,1H3,(H2,35,42)(H,36,43)(H,37,46)(H,38,45)(H,39,44)(H,47,48)(H2,40,41,49)/t19-,21-,22-,23-,24-,25-,28-/m0/s1. The van der Waals surface area contributed by atoms with Crippen LogP contribution in [0.5, 0.6) is 0 Å². The molecule has 11 N–H and O–H groups in total. The molecule has 0 aromatic rings. The van der Waals surface area contributed by atoms with Crippen LogP contribution in [-0.4, -0.2) is 100 Å². The molecule has 1 saturated carbocycles. The van der Waals surface area contributed by atoms with Crippen molar-refractivity contribution in [2.75, 3.05) is 12.3 Å². The predicted molar refractivity (Wildman–Crippen MR) is 188 cm³/mol. The number of nitrogens with one attached hydrogen (secondary N) is 6. The van der Waals surface area contributed by atoms with Gasteiger partial charge in [-0.1, -0.05) is 38.5 Å². The first-order valence-corrected chi connectivity index (χ1v) is 19.0. The summed E-state index contributed by atoms with van der Waals surface area (Å²) in [7, 11) is 0. The highest BCUT2D eigenvalue weighted by Crippen LogP contribution is 2.33. The maximum atomic E-state index is 13.3. The van der Waals surface area contributed by atoms with E-state index in [1.54, 1.807) is 0 Å². The molecular weight excluding hydrogens is 668 g/mol. The molecule has 0 aromatic carbocycles. The summed E-state index contributed by atoms with van der Waals surface area (Å²) in [6.45, 7) is 1.81. The van der Waals surface area contributed by atoms with Gasteiger partial charge >= 0.3 is 12.0 Å². The van der Waals surface area contributed by atoms with Gasteiger partial charge in [0.05, 0.1) is 18.1 Å². The Morgan fingerprint density at radius 1 is 0.880 bits per heavy atom. The van der Waals surface area contributed by atoms with Crippen molar-refractivity contribution in [1.82, 2.24) is 31.9 Å². The van der Waals surface area contributed by atoms with Crippen LogP contribution in [0.2, 0.25) is 0 Å². The third-order valence-corrected chi connectivity index (χ3v) is 11.2. The summed E-state index contributed by atoms with van der Waals surface area (Å²) in [5.41, 5.74) is 11.1. The van der Waals surface area contributed by atoms with Gasteiger partial charge in [0.15, 0.2) is 0 Å². The summed E-state index contributed by atoms with van der Waals surface area (Å²) in [5, 5.41) is 26.6. The first-order valence-electron chi connectivity index (χ1n) is 18.0. The van der Waals surface area contributed by atoms with Crippen molar-refractivity contribution in [2.45, 2.75) is 145 Å². The summed E-state index contributed by atoms with van der Waals surface area (Å²) in [6.07, 6.45) is 9.26. The van der Waals surface area contributed by atoms with Gasteiger partial charge in [-0.15, -0.1) is 0 Å². The third kappa shape index (κ3) is 14.0. The largest absolute Gasteiger partial charge is 0.480 e. The summed E-state index contributed by atoms with van der Waals surface area (Å²) >= 11 is 1.84. The van der Waals surface area contributed by atoms with Gasteiger partial charge in [-0.3, -0.25) is 24.0 Å². The molecule has 282 valence electrons. The van der Waals surface area contributed by atoms with E-state index in [1.165, 1.54) is 6.92 Å². The zero-order valence-corrected chi connectivity index (χ0v) is 29.8. The average Bonchev–Trinajstić information content (AvgIpc) is 3.63. The third-order valence-electron chi connectivity index (χ3n) is 9.65. The lowest BCUT2D eigenvalue weighted by molar-refractivity contribution is -0.143. The Bertz CT molecular complexity index is 1200. The molecule has 0 spiro atoms. The number of fused-ring (bicyclic) bond motifs is 1. The maximum absolute atomic E-state index is 13.3. The Labute approximate surface area is 297 Å². The van der Waals surface area contributed by atoms with Crippen molar-refractivity contribution in [3.8, 4) is 0 Å². The predicted octanol–water partition coefficient (Wildman–Crippen LogP) is 0.121. The molecule has 0 aromatic heterocycles. The lowest BCUT2D eigenvalue weighted by Crippen LogP contribution is -2.56. The number of urea groups is 1. The van der Waals surface area contributed by atoms with Gasteiger partial charge in [0, 0.05) is 30.4 Å². The second kappa shape index (κ2) is 20.9. The molecule has 3 aliphatic rings. The number of unbranched alkanes of at least 4 members (excludes halogenated alkanes) is 2. The van der Waals surface area contributed by atoms with E-state index in [2.05, 4.69) is 31.9 Å². The molecule has 16 nitrogen and oxygen atoms in total. The second-order valence-electron chi connectivity index (χ2n) is 13.8. The molecule has 7 atom stereocenters. The van der Waals surface area contributed by atoms with Crippen LogP contribution in [-0.2, 0) is 28.8 Å². The van der Waals surface area contributed by atoms with E-state index in [-0.39, 0.29) is 49.2 Å². The fraction of sp³-hybridized carbons (Fsp3) is 0.788. The number of carbonyl (C=O) groups is 7. The van der Waals surface area contributed by atoms with Crippen molar-refractivity contribution in [1.29, 1.82) is 0 Å². The fourth-order valence-electron chi connectivity index (χ4n) is 6.69. The number of carbonyl (C=O) groups excluding carboxylic acids is 6. The summed E-state index contributed by atoms with van der Waals surface area (Å²) in [6, 6.07) is -4.12. The van der Waals surface area contributed by atoms with Crippen LogP contribution < -0.4 is 43.4 Å². The molecule has 2 saturated heterocycles. The molecule has 0 bridgehead atoms. The number of aliphatic carboxylic acids is 1. The van der Waals surface area contributed by atoms with E-state index in [0.29, 0.717) is 37.5 Å². The highest BCUT2D eigenvalue weighted by molar-refractivity contribution is 8.00. The SMILES string of the molecule is C[C@H](NC(=O)[C@H](CCCCNC(=O)CCCC[C@@H]1SC[C@@H]2NC(=O)N[C@@H]21)NC(=O)[C@@H](N)CCC(N)=O)C(=O)N[C@@H](CC1CCCCC1)C(=O)O. The van der Waals surface area contributed by atoms with Crippen LogP contribution in [0.3, 0.4) is 0 Å². The van der Waals surface area contributed by atoms with E-state index < -0.39 is 53.8 Å². The summed E-state index contributed by atoms with van der Waals surface area (Å²) < 4.78 is 0. The van der Waals surface area contributed by atoms with Gasteiger partial charge in [-0.25, -0.2) is 9.59 Å². The van der Waals surface area contributed by atoms with Crippen molar-refractivity contribution in [2.24, 2.45) is 17.4 Å². The smallest absolute Gasteiger partial charge is 0.326 e. The number of nitrogens with two attached hydrogens (primary N) is 2. The molecule has 1 aliphatic carbocycles. The van der Waals surface area contributed by atoms with Crippen molar-refractivity contribution in [3.05, 3.63) is 0 Å². The lowest BCUT2D eigenvalue weighted by atomic mass is 9.85. The minimum atomic E-state index is -1.14. The normalized spacial score (nSPS) is 22.5. The van der Waals surface area contributed by atoms with Crippen LogP contribution >= 0.6 is 11.8 Å². The Hall–Kier alpha value is -3.60. The highest BCUT2D eigenvalue weighted by atomic mass is 32.2. The van der Waals surface area contributed by atoms with Crippen molar-refractivity contribution in [3.63, 3.8) is 0 Å². The molecule has 50 heavy (non-hydrogen) atoms. The Kier molecular flexibility index (Phi) is 17.1. The summed E-state index contributed by atoms with van der Waals surface area (Å²) in [4.78, 5) is 85.9. The minimum Gasteiger partial charge on any atom is -0.480 e. The monoisotopic (exact) mass is 724 g/mol. The first-order chi connectivity index (χ1) is 23.8. The number of hydrogen-bond donors (Lipinski definition) is 9. The molecule has 3 fully saturated rings. The second-order valence-corrected chi connectivity index (χ2v) is 15.0. The van der Waals surface area contributed by atoms with Crippen LogP contribution in [0.25, 0.3) is 0 Å². The minimum absolute atomic E-state index is 0.00766. The molecule has 2 heterocycles. The number of hydrogen-bond acceptors (Lipinski definition) is 9. The van der Waals surface area contributed by atoms with Gasteiger partial charge < -0.3 is 48.5 Å². The topological polar surface area (TPSA) is 264 Å². The van der Waals surface area contributed by atoms with Crippen LogP contribution in [0, 0.1) is 5.92 Å². The van der Waals surface area contributed by atoms with Gasteiger partial charge in [0.1, 0.15) is 18.1 Å². The quantitative estimate of drug-likeness (QED) is 0.0538. The molecule has 17 heteroatoms. The number of thioether (sulfide) groups is 1. The Morgan fingerprint density at radius 2 is 1.60 bits per heavy atom. The molecule has 2 aliphatic heterocycles. The summed E-state index contributed by atoms with van der Waals surface area (Å²) in [5.74, 6) is -2.68. The molecule has 7 amide bonds. The average molecular weight is 725 g/mol. The Morgan fingerprint density at radius 3 is 2.30 bits per heavy atom. The van der Waals surface area contributed by atoms with E-state index in [0.717, 1.165) is 57.1 Å². The van der Waals surface area contributed by atoms with Gasteiger partial charge in [-0.2, -0.15) is 11.8 Å². The highest BCUT2D eigenvalue weighted by Gasteiger charge is 2.42. The zero-order valence-electron chi connectivity index (χ0n) is 29.0. The van der Waals surface area contributed by atoms with E-state index in [9.17, 15) is 38.7 Å². The molecule has 0 radical (unpaired) electrons. The zero-order chi connectivity index (χ0) is 36.6. The van der Waals surface area contributed by atoms with Gasteiger partial charge in [-0.05, 0) is 57.8 Å². The number of primary amides is 1. The lowest BCUT2D eigenvalue weighted by Gasteiger charge is -2.26. The number of carboxylic acids is 1. The molecular formula is C33H56N8O8S. The molecule has 3 rings (SSSR count). The maximum Gasteiger partial charge on any atom is 0.326 e. The van der Waals surface area contributed by atoms with Crippen LogP contribution in [0.1, 0.15) is 103 Å². The number of carboxylic acid groups (broad SMARTS) is 1. The van der Waals surface area contributed by atoms with Crippen LogP contribution in [0.4, 0.5) is 4.79 Å². The molecule has 0 unspecified atom stereocenters. The van der Waals surface area contributed by atoms with Gasteiger partial charge in [0.25, 0.3) is 0 Å². The van der Waals surface area contributed by atoms with E-state index in [1.807, 2.05) is 11.8 Å². The fourth-order valence-corrected chi connectivity index (χ4v) is 8.24. The first kappa shape index (κ1) is 40.8. The van der Waals surface area contributed by atoms with E-state index >= 15 is 0 Å². The van der Waals surface area contributed by atoms with Gasteiger partial charge in [0.2, 0.25) is 29.5 Å². The van der Waals surface area contributed by atoms with Crippen LogP contribution in [0.15, 0.2) is 0 Å². The Balaban J connectivity index is 1.42. The van der Waals surface area contributed by atoms with E-state index in [4.69, 9.17) is 11.5 Å².